The first-order valence-electron chi connectivity index (χ1n) is 4.75. The second kappa shape index (κ2) is 4.80. The highest BCUT2D eigenvalue weighted by atomic mass is 35.5. The fourth-order valence-corrected chi connectivity index (χ4v) is 2.03. The summed E-state index contributed by atoms with van der Waals surface area (Å²) in [4.78, 5) is 24.5. The van der Waals surface area contributed by atoms with Crippen molar-refractivity contribution in [3.05, 3.63) is 33.3 Å². The lowest BCUT2D eigenvalue weighted by atomic mass is 10.2. The van der Waals surface area contributed by atoms with Crippen LogP contribution in [0.3, 0.4) is 0 Å². The number of imide groups is 1. The molecule has 2 rings (SSSR count). The number of rotatable bonds is 2. The standard InChI is InChI=1S/C11H6Cl3NO3/c1-18-7-3-2-5(12)4-6(7)15-10(16)8(13)9(14)11(15)17/h2-4H,1H3. The van der Waals surface area contributed by atoms with Crippen molar-refractivity contribution >= 4 is 52.3 Å². The van der Waals surface area contributed by atoms with E-state index in [0.717, 1.165) is 4.90 Å². The molecular formula is C11H6Cl3NO3. The molecule has 0 aliphatic carbocycles. The van der Waals surface area contributed by atoms with Gasteiger partial charge in [0.05, 0.1) is 12.8 Å². The molecule has 94 valence electrons. The molecule has 0 unspecified atom stereocenters. The number of benzene rings is 1. The average Bonchev–Trinajstić information content (AvgIpc) is 2.54. The molecule has 0 aromatic heterocycles. The Morgan fingerprint density at radius 2 is 1.61 bits per heavy atom. The van der Waals surface area contributed by atoms with Crippen LogP contribution >= 0.6 is 34.8 Å². The van der Waals surface area contributed by atoms with E-state index in [4.69, 9.17) is 39.5 Å². The van der Waals surface area contributed by atoms with Gasteiger partial charge in [-0.1, -0.05) is 34.8 Å². The first kappa shape index (κ1) is 13.2. The number of halogens is 3. The van der Waals surface area contributed by atoms with Crippen LogP contribution in [0, 0.1) is 0 Å². The summed E-state index contributed by atoms with van der Waals surface area (Å²) in [5, 5.41) is -0.280. The smallest absolute Gasteiger partial charge is 0.278 e. The highest BCUT2D eigenvalue weighted by Gasteiger charge is 2.39. The van der Waals surface area contributed by atoms with Gasteiger partial charge in [0.15, 0.2) is 0 Å². The van der Waals surface area contributed by atoms with E-state index in [-0.39, 0.29) is 15.8 Å². The van der Waals surface area contributed by atoms with Crippen molar-refractivity contribution in [2.45, 2.75) is 0 Å². The zero-order valence-corrected chi connectivity index (χ0v) is 11.3. The lowest BCUT2D eigenvalue weighted by Gasteiger charge is -2.17. The molecule has 0 N–H and O–H groups in total. The van der Waals surface area contributed by atoms with Crippen LogP contribution in [0.4, 0.5) is 5.69 Å². The summed E-state index contributed by atoms with van der Waals surface area (Å²) in [6.07, 6.45) is 0. The lowest BCUT2D eigenvalue weighted by molar-refractivity contribution is -0.120. The largest absolute Gasteiger partial charge is 0.495 e. The second-order valence-electron chi connectivity index (χ2n) is 3.39. The highest BCUT2D eigenvalue weighted by Crippen LogP contribution is 2.37. The Kier molecular flexibility index (Phi) is 3.52. The van der Waals surface area contributed by atoms with E-state index in [2.05, 4.69) is 0 Å². The Labute approximate surface area is 118 Å². The van der Waals surface area contributed by atoms with Gasteiger partial charge < -0.3 is 4.74 Å². The molecule has 0 fully saturated rings. The summed E-state index contributed by atoms with van der Waals surface area (Å²) in [5.41, 5.74) is 0.203. The number of hydrogen-bond acceptors (Lipinski definition) is 3. The van der Waals surface area contributed by atoms with Crippen molar-refractivity contribution in [1.82, 2.24) is 0 Å². The van der Waals surface area contributed by atoms with E-state index < -0.39 is 11.8 Å². The molecule has 0 bridgehead atoms. The van der Waals surface area contributed by atoms with Gasteiger partial charge in [0.1, 0.15) is 15.8 Å². The Morgan fingerprint density at radius 1 is 1.06 bits per heavy atom. The third kappa shape index (κ3) is 1.96. The van der Waals surface area contributed by atoms with Crippen molar-refractivity contribution in [3.63, 3.8) is 0 Å². The normalized spacial score (nSPS) is 15.7. The van der Waals surface area contributed by atoms with Crippen LogP contribution in [0.1, 0.15) is 0 Å². The van der Waals surface area contributed by atoms with Gasteiger partial charge in [-0.05, 0) is 18.2 Å². The van der Waals surface area contributed by atoms with Gasteiger partial charge in [0.25, 0.3) is 11.8 Å². The summed E-state index contributed by atoms with van der Waals surface area (Å²) in [5.74, 6) is -1.09. The van der Waals surface area contributed by atoms with Gasteiger partial charge in [0.2, 0.25) is 0 Å². The number of carbonyl (C=O) groups excluding carboxylic acids is 2. The average molecular weight is 307 g/mol. The number of amides is 2. The fourth-order valence-electron chi connectivity index (χ4n) is 1.53. The van der Waals surface area contributed by atoms with Crippen LogP contribution in [0.5, 0.6) is 5.75 Å². The minimum absolute atomic E-state index is 0.203. The third-order valence-corrected chi connectivity index (χ3v) is 3.39. The first-order valence-corrected chi connectivity index (χ1v) is 5.88. The van der Waals surface area contributed by atoms with E-state index in [9.17, 15) is 9.59 Å². The molecule has 1 aromatic rings. The van der Waals surface area contributed by atoms with Gasteiger partial charge in [-0.25, -0.2) is 4.90 Å². The maximum Gasteiger partial charge on any atom is 0.278 e. The Balaban J connectivity index is 2.55. The number of ether oxygens (including phenoxy) is 1. The highest BCUT2D eigenvalue weighted by molar-refractivity contribution is 6.62. The van der Waals surface area contributed by atoms with Crippen molar-refractivity contribution in [2.24, 2.45) is 0 Å². The van der Waals surface area contributed by atoms with Crippen molar-refractivity contribution in [3.8, 4) is 5.75 Å². The summed E-state index contributed by atoms with van der Waals surface area (Å²) >= 11 is 17.1. The predicted molar refractivity (Wildman–Crippen MR) is 69.2 cm³/mol. The monoisotopic (exact) mass is 305 g/mol. The number of hydrogen-bond donors (Lipinski definition) is 0. The minimum Gasteiger partial charge on any atom is -0.495 e. The molecule has 1 aromatic carbocycles. The molecule has 1 aliphatic heterocycles. The van der Waals surface area contributed by atoms with Crippen LogP contribution in [0.2, 0.25) is 5.02 Å². The maximum absolute atomic E-state index is 11.8. The van der Waals surface area contributed by atoms with Crippen molar-refractivity contribution in [2.75, 3.05) is 12.0 Å². The Hall–Kier alpha value is -1.23. The number of methoxy groups -OCH3 is 1. The molecule has 18 heavy (non-hydrogen) atoms. The first-order chi connectivity index (χ1) is 8.47. The molecule has 0 atom stereocenters. The van der Waals surface area contributed by atoms with Gasteiger partial charge in [-0.2, -0.15) is 0 Å². The molecule has 7 heteroatoms. The second-order valence-corrected chi connectivity index (χ2v) is 4.58. The van der Waals surface area contributed by atoms with E-state index >= 15 is 0 Å². The van der Waals surface area contributed by atoms with Gasteiger partial charge >= 0.3 is 0 Å². The van der Waals surface area contributed by atoms with E-state index in [1.807, 2.05) is 0 Å². The fraction of sp³-hybridized carbons (Fsp3) is 0.0909. The van der Waals surface area contributed by atoms with Crippen LogP contribution < -0.4 is 9.64 Å². The zero-order chi connectivity index (χ0) is 13.4. The topological polar surface area (TPSA) is 46.6 Å². The molecule has 0 saturated carbocycles. The van der Waals surface area contributed by atoms with Gasteiger partial charge in [-0.3, -0.25) is 9.59 Å². The van der Waals surface area contributed by atoms with Crippen LogP contribution in [0.15, 0.2) is 28.3 Å². The van der Waals surface area contributed by atoms with E-state index in [1.165, 1.54) is 13.2 Å². The van der Waals surface area contributed by atoms with Crippen LogP contribution in [-0.2, 0) is 9.59 Å². The summed E-state index contributed by atoms with van der Waals surface area (Å²) in [6.45, 7) is 0. The summed E-state index contributed by atoms with van der Waals surface area (Å²) < 4.78 is 5.07. The number of carbonyl (C=O) groups is 2. The SMILES string of the molecule is COc1ccc(Cl)cc1N1C(=O)C(Cl)=C(Cl)C1=O. The molecule has 0 radical (unpaired) electrons. The van der Waals surface area contributed by atoms with E-state index in [1.54, 1.807) is 12.1 Å². The molecule has 0 saturated heterocycles. The van der Waals surface area contributed by atoms with Crippen molar-refractivity contribution < 1.29 is 14.3 Å². The lowest BCUT2D eigenvalue weighted by Crippen LogP contribution is -2.31. The molecule has 1 heterocycles. The zero-order valence-electron chi connectivity index (χ0n) is 9.04. The van der Waals surface area contributed by atoms with Gasteiger partial charge in [0, 0.05) is 5.02 Å². The number of anilines is 1. The third-order valence-electron chi connectivity index (χ3n) is 2.36. The molecule has 1 aliphatic rings. The molecule has 4 nitrogen and oxygen atoms in total. The van der Waals surface area contributed by atoms with E-state index in [0.29, 0.717) is 10.8 Å². The van der Waals surface area contributed by atoms with Crippen LogP contribution in [-0.4, -0.2) is 18.9 Å². The predicted octanol–water partition coefficient (Wildman–Crippen LogP) is 2.91. The van der Waals surface area contributed by atoms with Crippen molar-refractivity contribution in [1.29, 1.82) is 0 Å². The van der Waals surface area contributed by atoms with Gasteiger partial charge in [-0.15, -0.1) is 0 Å². The minimum atomic E-state index is -0.702. The summed E-state index contributed by atoms with van der Waals surface area (Å²) in [6, 6.07) is 4.54. The molecule has 2 amide bonds. The van der Waals surface area contributed by atoms with Crippen LogP contribution in [0.25, 0.3) is 0 Å². The summed E-state index contributed by atoms with van der Waals surface area (Å²) in [7, 11) is 1.41. The number of nitrogens with zero attached hydrogens (tertiary/aromatic N) is 1. The molecular weight excluding hydrogens is 300 g/mol. The Bertz CT molecular complexity index is 559. The Morgan fingerprint density at radius 3 is 2.11 bits per heavy atom. The maximum atomic E-state index is 11.8. The quantitative estimate of drug-likeness (QED) is 0.789. The molecule has 0 spiro atoms.